The Hall–Kier alpha value is -2.40. The van der Waals surface area contributed by atoms with Crippen LogP contribution in [-0.4, -0.2) is 59.4 Å². The summed E-state index contributed by atoms with van der Waals surface area (Å²) in [7, 11) is 0. The van der Waals surface area contributed by atoms with Crippen LogP contribution in [0.4, 0.5) is 0 Å². The molecule has 4 rings (SSSR count). The van der Waals surface area contributed by atoms with E-state index in [0.717, 1.165) is 41.9 Å². The number of hydrogen-bond donors (Lipinski definition) is 1. The Morgan fingerprint density at radius 3 is 2.55 bits per heavy atom. The van der Waals surface area contributed by atoms with Gasteiger partial charge in [-0.2, -0.15) is 0 Å². The third kappa shape index (κ3) is 5.85. The molecule has 1 saturated heterocycles. The molecule has 9 heteroatoms. The van der Waals surface area contributed by atoms with Gasteiger partial charge in [0.15, 0.2) is 11.7 Å². The molecule has 1 aliphatic heterocycles. The quantitative estimate of drug-likeness (QED) is 0.296. The molecule has 3 heterocycles. The van der Waals surface area contributed by atoms with E-state index in [4.69, 9.17) is 14.4 Å². The average molecular weight is 551 g/mol. The second-order valence-corrected chi connectivity index (χ2v) is 7.79. The van der Waals surface area contributed by atoms with Crippen LogP contribution >= 0.6 is 35.3 Å². The van der Waals surface area contributed by atoms with E-state index in [-0.39, 0.29) is 29.9 Å². The van der Waals surface area contributed by atoms with E-state index < -0.39 is 0 Å². The number of guanidine groups is 1. The van der Waals surface area contributed by atoms with Gasteiger partial charge < -0.3 is 19.5 Å². The molecular formula is C22H26IN5O2S. The summed E-state index contributed by atoms with van der Waals surface area (Å²) in [6, 6.07) is 13.6. The number of aliphatic imine (C=N–C) groups is 1. The van der Waals surface area contributed by atoms with E-state index in [1.807, 2.05) is 23.1 Å². The molecule has 1 aromatic carbocycles. The van der Waals surface area contributed by atoms with Crippen molar-refractivity contribution in [2.75, 3.05) is 32.7 Å². The molecule has 164 valence electrons. The molecule has 0 saturated carbocycles. The largest absolute Gasteiger partial charge is 0.459 e. The summed E-state index contributed by atoms with van der Waals surface area (Å²) in [5.41, 5.74) is 2.09. The second kappa shape index (κ2) is 11.3. The van der Waals surface area contributed by atoms with Gasteiger partial charge in [0.25, 0.3) is 5.91 Å². The number of amides is 1. The Kier molecular flexibility index (Phi) is 8.47. The lowest BCUT2D eigenvalue weighted by Gasteiger charge is -2.36. The molecule has 1 amide bonds. The Morgan fingerprint density at radius 1 is 1.13 bits per heavy atom. The van der Waals surface area contributed by atoms with Crippen LogP contribution in [0, 0.1) is 0 Å². The fourth-order valence-electron chi connectivity index (χ4n) is 3.35. The Labute approximate surface area is 203 Å². The highest BCUT2D eigenvalue weighted by Gasteiger charge is 2.25. The summed E-state index contributed by atoms with van der Waals surface area (Å²) >= 11 is 1.64. The lowest BCUT2D eigenvalue weighted by molar-refractivity contribution is 0.0657. The first-order valence-electron chi connectivity index (χ1n) is 10.1. The van der Waals surface area contributed by atoms with Crippen molar-refractivity contribution in [2.45, 2.75) is 13.5 Å². The minimum absolute atomic E-state index is 0. The molecule has 0 atom stereocenters. The number of carbonyl (C=O) groups is 1. The van der Waals surface area contributed by atoms with Crippen molar-refractivity contribution in [1.82, 2.24) is 20.1 Å². The topological polar surface area (TPSA) is 74.0 Å². The van der Waals surface area contributed by atoms with Gasteiger partial charge in [0.1, 0.15) is 5.01 Å². The van der Waals surface area contributed by atoms with Crippen molar-refractivity contribution in [3.63, 3.8) is 0 Å². The molecule has 0 unspecified atom stereocenters. The molecule has 2 aromatic heterocycles. The number of piperazine rings is 1. The van der Waals surface area contributed by atoms with Crippen molar-refractivity contribution in [1.29, 1.82) is 0 Å². The monoisotopic (exact) mass is 551 g/mol. The van der Waals surface area contributed by atoms with Crippen molar-refractivity contribution >= 4 is 47.2 Å². The van der Waals surface area contributed by atoms with Crippen molar-refractivity contribution in [3.8, 4) is 10.6 Å². The molecule has 1 fully saturated rings. The molecule has 7 nitrogen and oxygen atoms in total. The molecule has 0 aliphatic carbocycles. The number of nitrogens with zero attached hydrogens (tertiary/aromatic N) is 4. The predicted octanol–water partition coefficient (Wildman–Crippen LogP) is 3.94. The van der Waals surface area contributed by atoms with Crippen LogP contribution < -0.4 is 5.32 Å². The highest BCUT2D eigenvalue weighted by atomic mass is 127. The van der Waals surface area contributed by atoms with E-state index in [9.17, 15) is 4.79 Å². The summed E-state index contributed by atoms with van der Waals surface area (Å²) < 4.78 is 5.24. The molecule has 0 spiro atoms. The number of rotatable bonds is 5. The van der Waals surface area contributed by atoms with Crippen LogP contribution in [0.1, 0.15) is 23.2 Å². The average Bonchev–Trinajstić information content (AvgIpc) is 3.49. The number of thiazole rings is 1. The standard InChI is InChI=1S/C22H25N5O2S.HI/c1-2-23-22(24-15-18-16-30-20(25-18)17-7-4-3-5-8-17)27-12-10-26(11-13-27)21(28)19-9-6-14-29-19;/h3-9,14,16H,2,10-13,15H2,1H3,(H,23,24);1H. The molecule has 3 aromatic rings. The van der Waals surface area contributed by atoms with Gasteiger partial charge in [0, 0.05) is 43.7 Å². The van der Waals surface area contributed by atoms with Gasteiger partial charge in [-0.3, -0.25) is 4.79 Å². The fourth-order valence-corrected chi connectivity index (χ4v) is 4.17. The van der Waals surface area contributed by atoms with Gasteiger partial charge in [-0.15, -0.1) is 35.3 Å². The van der Waals surface area contributed by atoms with Gasteiger partial charge in [0.2, 0.25) is 0 Å². The lowest BCUT2D eigenvalue weighted by Crippen LogP contribution is -2.53. The van der Waals surface area contributed by atoms with E-state index >= 15 is 0 Å². The third-order valence-electron chi connectivity index (χ3n) is 4.90. The highest BCUT2D eigenvalue weighted by Crippen LogP contribution is 2.23. The number of nitrogens with one attached hydrogen (secondary N) is 1. The summed E-state index contributed by atoms with van der Waals surface area (Å²) in [5, 5.41) is 6.44. The summed E-state index contributed by atoms with van der Waals surface area (Å²) in [6.45, 7) is 6.10. The van der Waals surface area contributed by atoms with E-state index in [0.29, 0.717) is 25.4 Å². The van der Waals surface area contributed by atoms with E-state index in [1.54, 1.807) is 23.5 Å². The van der Waals surface area contributed by atoms with Gasteiger partial charge in [-0.25, -0.2) is 9.98 Å². The molecule has 1 N–H and O–H groups in total. The molecule has 0 bridgehead atoms. The number of aromatic nitrogens is 1. The van der Waals surface area contributed by atoms with Gasteiger partial charge >= 0.3 is 0 Å². The summed E-state index contributed by atoms with van der Waals surface area (Å²) in [6.07, 6.45) is 1.53. The Bertz CT molecular complexity index is 983. The van der Waals surface area contributed by atoms with Crippen LogP contribution in [0.25, 0.3) is 10.6 Å². The molecular weight excluding hydrogens is 525 g/mol. The van der Waals surface area contributed by atoms with Gasteiger partial charge in [-0.05, 0) is 19.1 Å². The summed E-state index contributed by atoms with van der Waals surface area (Å²) in [4.78, 5) is 26.0. The van der Waals surface area contributed by atoms with E-state index in [1.165, 1.54) is 6.26 Å². The van der Waals surface area contributed by atoms with Crippen LogP contribution in [-0.2, 0) is 6.54 Å². The molecule has 0 radical (unpaired) electrons. The minimum atomic E-state index is -0.0579. The normalized spacial score (nSPS) is 14.3. The van der Waals surface area contributed by atoms with Crippen molar-refractivity contribution in [3.05, 3.63) is 65.6 Å². The number of halogens is 1. The van der Waals surface area contributed by atoms with Crippen LogP contribution in [0.5, 0.6) is 0 Å². The number of furan rings is 1. The minimum Gasteiger partial charge on any atom is -0.459 e. The predicted molar refractivity (Wildman–Crippen MR) is 134 cm³/mol. The Morgan fingerprint density at radius 2 is 1.87 bits per heavy atom. The third-order valence-corrected chi connectivity index (χ3v) is 5.84. The molecule has 31 heavy (non-hydrogen) atoms. The maximum Gasteiger partial charge on any atom is 0.289 e. The first kappa shape index (κ1) is 23.3. The number of benzene rings is 1. The molecule has 1 aliphatic rings. The van der Waals surface area contributed by atoms with Gasteiger partial charge in [0.05, 0.1) is 18.5 Å². The van der Waals surface area contributed by atoms with Crippen molar-refractivity contribution in [2.24, 2.45) is 4.99 Å². The second-order valence-electron chi connectivity index (χ2n) is 6.94. The number of hydrogen-bond acceptors (Lipinski definition) is 5. The maximum atomic E-state index is 12.5. The smallest absolute Gasteiger partial charge is 0.289 e. The van der Waals surface area contributed by atoms with Crippen LogP contribution in [0.3, 0.4) is 0 Å². The SMILES string of the molecule is CCNC(=NCc1csc(-c2ccccc2)n1)N1CCN(C(=O)c2ccco2)CC1.I. The van der Waals surface area contributed by atoms with E-state index in [2.05, 4.69) is 34.7 Å². The maximum absolute atomic E-state index is 12.5. The zero-order chi connectivity index (χ0) is 20.8. The summed E-state index contributed by atoms with van der Waals surface area (Å²) in [5.74, 6) is 1.19. The number of carbonyl (C=O) groups excluding carboxylic acids is 1. The first-order chi connectivity index (χ1) is 14.7. The Balaban J connectivity index is 0.00000272. The first-order valence-corrected chi connectivity index (χ1v) is 11.0. The zero-order valence-corrected chi connectivity index (χ0v) is 20.5. The highest BCUT2D eigenvalue weighted by molar-refractivity contribution is 14.0. The van der Waals surface area contributed by atoms with Gasteiger partial charge in [-0.1, -0.05) is 30.3 Å². The lowest BCUT2D eigenvalue weighted by atomic mass is 10.2. The fraction of sp³-hybridized carbons (Fsp3) is 0.318. The van der Waals surface area contributed by atoms with Crippen LogP contribution in [0.2, 0.25) is 0 Å². The van der Waals surface area contributed by atoms with Crippen molar-refractivity contribution < 1.29 is 9.21 Å². The van der Waals surface area contributed by atoms with Crippen LogP contribution in [0.15, 0.2) is 63.5 Å². The zero-order valence-electron chi connectivity index (χ0n) is 17.4.